The number of hydrogen-bond acceptors (Lipinski definition) is 9. The lowest BCUT2D eigenvalue weighted by atomic mass is 9.82. The van der Waals surface area contributed by atoms with Gasteiger partial charge in [0.1, 0.15) is 16.1 Å². The number of rotatable bonds is 7. The van der Waals surface area contributed by atoms with Crippen LogP contribution in [-0.4, -0.2) is 64.0 Å². The first kappa shape index (κ1) is 21.1. The Kier molecular flexibility index (Phi) is 5.55. The van der Waals surface area contributed by atoms with Gasteiger partial charge in [-0.2, -0.15) is 0 Å². The molecule has 5 heterocycles. The standard InChI is InChI=1S/C24H29N7OS.H2/c1-16-9-25-12-20(28-16)22-29-30-23(33-22)24(14-32-15-24)21-7-6-19(11-27-21)31-8-2-3-18(13-31)26-10-17-4-5-17;/h6-7,9,11-12,17-18,26H,2-5,8,10,13-15H2,1H3;1H/t18-;/m1./s1. The Hall–Kier alpha value is -2.49. The molecule has 0 aromatic carbocycles. The van der Waals surface area contributed by atoms with Crippen LogP contribution in [-0.2, 0) is 10.2 Å². The maximum absolute atomic E-state index is 5.65. The van der Waals surface area contributed by atoms with Gasteiger partial charge in [-0.3, -0.25) is 9.97 Å². The van der Waals surface area contributed by atoms with Crippen molar-refractivity contribution in [1.29, 1.82) is 0 Å². The van der Waals surface area contributed by atoms with Crippen LogP contribution in [0.5, 0.6) is 0 Å². The summed E-state index contributed by atoms with van der Waals surface area (Å²) in [5, 5.41) is 14.4. The summed E-state index contributed by atoms with van der Waals surface area (Å²) in [6, 6.07) is 4.93. The minimum Gasteiger partial charge on any atom is -0.378 e. The van der Waals surface area contributed by atoms with E-state index in [0.717, 1.165) is 46.1 Å². The molecule has 0 unspecified atom stereocenters. The third kappa shape index (κ3) is 4.25. The number of nitrogens with one attached hydrogen (secondary N) is 1. The lowest BCUT2D eigenvalue weighted by molar-refractivity contribution is -0.0403. The zero-order valence-corrected chi connectivity index (χ0v) is 19.7. The Morgan fingerprint density at radius 1 is 1.18 bits per heavy atom. The fourth-order valence-corrected chi connectivity index (χ4v) is 5.63. The highest BCUT2D eigenvalue weighted by atomic mass is 32.1. The van der Waals surface area contributed by atoms with E-state index < -0.39 is 0 Å². The van der Waals surface area contributed by atoms with Gasteiger partial charge in [-0.15, -0.1) is 10.2 Å². The van der Waals surface area contributed by atoms with Crippen LogP contribution in [0.3, 0.4) is 0 Å². The summed E-state index contributed by atoms with van der Waals surface area (Å²) in [6.45, 7) is 6.40. The SMILES string of the molecule is Cc1cncc(-c2nnc(C3(c4ccc(N5CCC[C@@H](NCC6CC6)C5)cn4)COC3)s2)n1.[HH]. The summed E-state index contributed by atoms with van der Waals surface area (Å²) in [6.07, 6.45) is 10.8. The monoisotopic (exact) mass is 465 g/mol. The van der Waals surface area contributed by atoms with Crippen molar-refractivity contribution >= 4 is 17.0 Å². The maximum atomic E-state index is 5.65. The fourth-order valence-electron chi connectivity index (χ4n) is 4.66. The van der Waals surface area contributed by atoms with Crippen molar-refractivity contribution in [3.63, 3.8) is 0 Å². The second-order valence-electron chi connectivity index (χ2n) is 9.57. The third-order valence-corrected chi connectivity index (χ3v) is 8.07. The van der Waals surface area contributed by atoms with Gasteiger partial charge in [0.15, 0.2) is 5.01 Å². The first-order valence-electron chi connectivity index (χ1n) is 11.9. The average molecular weight is 466 g/mol. The van der Waals surface area contributed by atoms with Gasteiger partial charge in [0.05, 0.1) is 42.7 Å². The predicted molar refractivity (Wildman–Crippen MR) is 130 cm³/mol. The van der Waals surface area contributed by atoms with E-state index in [0.29, 0.717) is 19.3 Å². The van der Waals surface area contributed by atoms with E-state index in [-0.39, 0.29) is 6.84 Å². The van der Waals surface area contributed by atoms with Crippen LogP contribution in [0.4, 0.5) is 5.69 Å². The number of piperidine rings is 1. The number of aryl methyl sites for hydroxylation is 1. The molecule has 2 aliphatic heterocycles. The van der Waals surface area contributed by atoms with Gasteiger partial charge in [-0.1, -0.05) is 11.3 Å². The molecule has 3 aliphatic rings. The summed E-state index contributed by atoms with van der Waals surface area (Å²) >= 11 is 1.55. The molecule has 9 heteroatoms. The summed E-state index contributed by atoms with van der Waals surface area (Å²) in [4.78, 5) is 16.1. The molecule has 3 aromatic rings. The van der Waals surface area contributed by atoms with Crippen molar-refractivity contribution in [2.24, 2.45) is 5.92 Å². The molecule has 6 rings (SSSR count). The van der Waals surface area contributed by atoms with E-state index in [1.807, 2.05) is 13.1 Å². The summed E-state index contributed by atoms with van der Waals surface area (Å²) < 4.78 is 5.65. The molecule has 8 nitrogen and oxygen atoms in total. The number of nitrogens with zero attached hydrogens (tertiary/aromatic N) is 6. The Bertz CT molecular complexity index is 1120. The lowest BCUT2D eigenvalue weighted by Crippen LogP contribution is -2.48. The highest BCUT2D eigenvalue weighted by molar-refractivity contribution is 7.14. The van der Waals surface area contributed by atoms with Gasteiger partial charge in [-0.25, -0.2) is 4.98 Å². The van der Waals surface area contributed by atoms with Crippen LogP contribution >= 0.6 is 11.3 Å². The van der Waals surface area contributed by atoms with E-state index in [4.69, 9.17) is 9.72 Å². The second kappa shape index (κ2) is 8.70. The highest BCUT2D eigenvalue weighted by Gasteiger charge is 2.47. The molecule has 0 spiro atoms. The molecule has 1 atom stereocenters. The Morgan fingerprint density at radius 2 is 2.09 bits per heavy atom. The predicted octanol–water partition coefficient (Wildman–Crippen LogP) is 3.23. The van der Waals surface area contributed by atoms with Crippen molar-refractivity contribution in [2.75, 3.05) is 37.7 Å². The minimum atomic E-state index is -0.331. The van der Waals surface area contributed by atoms with Gasteiger partial charge in [0.25, 0.3) is 0 Å². The van der Waals surface area contributed by atoms with Crippen LogP contribution in [0.15, 0.2) is 30.7 Å². The van der Waals surface area contributed by atoms with E-state index in [9.17, 15) is 0 Å². The first-order chi connectivity index (χ1) is 16.2. The zero-order chi connectivity index (χ0) is 22.3. The highest BCUT2D eigenvalue weighted by Crippen LogP contribution is 2.41. The van der Waals surface area contributed by atoms with Crippen molar-refractivity contribution in [1.82, 2.24) is 30.5 Å². The second-order valence-corrected chi connectivity index (χ2v) is 10.5. The number of aromatic nitrogens is 5. The molecule has 3 aromatic heterocycles. The molecule has 0 bridgehead atoms. The van der Waals surface area contributed by atoms with Crippen LogP contribution in [0.2, 0.25) is 0 Å². The smallest absolute Gasteiger partial charge is 0.167 e. The summed E-state index contributed by atoms with van der Waals surface area (Å²) in [5.41, 5.74) is 3.48. The molecule has 1 aliphatic carbocycles. The Labute approximate surface area is 199 Å². The molecule has 1 N–H and O–H groups in total. The van der Waals surface area contributed by atoms with Gasteiger partial charge in [0.2, 0.25) is 0 Å². The van der Waals surface area contributed by atoms with Crippen molar-refractivity contribution < 1.29 is 6.16 Å². The average Bonchev–Trinajstić information content (AvgIpc) is 3.52. The van der Waals surface area contributed by atoms with Gasteiger partial charge in [0, 0.05) is 26.8 Å². The normalized spacial score (nSPS) is 22.2. The molecule has 33 heavy (non-hydrogen) atoms. The molecule has 2 saturated heterocycles. The van der Waals surface area contributed by atoms with E-state index in [2.05, 4.69) is 42.5 Å². The summed E-state index contributed by atoms with van der Waals surface area (Å²) in [5.74, 6) is 0.918. The molecule has 3 fully saturated rings. The number of ether oxygens (including phenoxy) is 1. The summed E-state index contributed by atoms with van der Waals surface area (Å²) in [7, 11) is 0. The Morgan fingerprint density at radius 3 is 2.82 bits per heavy atom. The van der Waals surface area contributed by atoms with Crippen LogP contribution in [0.1, 0.15) is 43.5 Å². The van der Waals surface area contributed by atoms with Gasteiger partial charge < -0.3 is 15.0 Å². The van der Waals surface area contributed by atoms with E-state index >= 15 is 0 Å². The largest absolute Gasteiger partial charge is 0.378 e. The van der Waals surface area contributed by atoms with E-state index in [1.165, 1.54) is 37.9 Å². The van der Waals surface area contributed by atoms with Crippen LogP contribution in [0, 0.1) is 12.8 Å². The minimum absolute atomic E-state index is 0. The van der Waals surface area contributed by atoms with Gasteiger partial charge in [-0.05, 0) is 57.2 Å². The number of hydrogen-bond donors (Lipinski definition) is 1. The Balaban J connectivity index is 0.00000241. The number of pyridine rings is 1. The first-order valence-corrected chi connectivity index (χ1v) is 12.7. The molecule has 0 radical (unpaired) electrons. The topological polar surface area (TPSA) is 89.0 Å². The lowest BCUT2D eigenvalue weighted by Gasteiger charge is -2.39. The molecular formula is C24H31N7OS. The zero-order valence-electron chi connectivity index (χ0n) is 18.9. The maximum Gasteiger partial charge on any atom is 0.167 e. The van der Waals surface area contributed by atoms with Crippen molar-refractivity contribution in [2.45, 2.75) is 44.1 Å². The van der Waals surface area contributed by atoms with Crippen LogP contribution in [0.25, 0.3) is 10.7 Å². The fraction of sp³-hybridized carbons (Fsp3) is 0.542. The third-order valence-electron chi connectivity index (χ3n) is 6.92. The molecular weight excluding hydrogens is 434 g/mol. The van der Waals surface area contributed by atoms with Crippen molar-refractivity contribution in [3.8, 4) is 10.7 Å². The molecule has 0 amide bonds. The van der Waals surface area contributed by atoms with Crippen molar-refractivity contribution in [3.05, 3.63) is 47.1 Å². The molecule has 1 saturated carbocycles. The van der Waals surface area contributed by atoms with Gasteiger partial charge >= 0.3 is 0 Å². The number of anilines is 1. The van der Waals surface area contributed by atoms with Crippen LogP contribution < -0.4 is 10.2 Å². The van der Waals surface area contributed by atoms with E-state index in [1.54, 1.807) is 23.7 Å². The molecule has 174 valence electrons. The quantitative estimate of drug-likeness (QED) is 0.569.